The number of morpholine rings is 1. The van der Waals surface area contributed by atoms with Crippen LogP contribution in [0.3, 0.4) is 0 Å². The van der Waals surface area contributed by atoms with Crippen LogP contribution in [0, 0.1) is 0 Å². The number of imidazole rings is 1. The van der Waals surface area contributed by atoms with E-state index in [-0.39, 0.29) is 0 Å². The Bertz CT molecular complexity index is 547. The zero-order valence-electron chi connectivity index (χ0n) is 11.2. The monoisotopic (exact) mass is 261 g/mol. The summed E-state index contributed by atoms with van der Waals surface area (Å²) in [6.07, 6.45) is 1.91. The highest BCUT2D eigenvalue weighted by atomic mass is 16.5. The van der Waals surface area contributed by atoms with Crippen LogP contribution in [0.1, 0.15) is 0 Å². The molecule has 5 nitrogen and oxygen atoms in total. The zero-order valence-corrected chi connectivity index (χ0v) is 11.2. The van der Waals surface area contributed by atoms with Crippen molar-refractivity contribution < 1.29 is 9.47 Å². The van der Waals surface area contributed by atoms with E-state index in [1.807, 2.05) is 18.5 Å². The van der Waals surface area contributed by atoms with E-state index in [1.165, 1.54) is 0 Å². The first-order valence-corrected chi connectivity index (χ1v) is 6.66. The van der Waals surface area contributed by atoms with Gasteiger partial charge in [-0.3, -0.25) is 4.90 Å². The van der Waals surface area contributed by atoms with Crippen molar-refractivity contribution in [3.63, 3.8) is 0 Å². The average molecular weight is 261 g/mol. The average Bonchev–Trinajstić information content (AvgIpc) is 2.88. The second-order valence-corrected chi connectivity index (χ2v) is 4.75. The predicted molar refractivity (Wildman–Crippen MR) is 73.5 cm³/mol. The smallest absolute Gasteiger partial charge is 0.121 e. The van der Waals surface area contributed by atoms with Gasteiger partial charge >= 0.3 is 0 Å². The minimum atomic E-state index is 0.849. The van der Waals surface area contributed by atoms with Crippen LogP contribution in [0.5, 0.6) is 5.75 Å². The van der Waals surface area contributed by atoms with Gasteiger partial charge in [-0.2, -0.15) is 0 Å². The van der Waals surface area contributed by atoms with Crippen LogP contribution >= 0.6 is 0 Å². The molecule has 102 valence electrons. The minimum Gasteiger partial charge on any atom is -0.497 e. The summed E-state index contributed by atoms with van der Waals surface area (Å²) in [5.74, 6) is 0.853. The number of ether oxygens (including phenoxy) is 2. The van der Waals surface area contributed by atoms with Crippen LogP contribution in [0.4, 0.5) is 0 Å². The SMILES string of the molecule is COc1ccc2c(c1)ncn2CCN1CCOCC1. The predicted octanol–water partition coefficient (Wildman–Crippen LogP) is 1.38. The van der Waals surface area contributed by atoms with Crippen molar-refractivity contribution in [1.82, 2.24) is 14.5 Å². The van der Waals surface area contributed by atoms with E-state index in [0.29, 0.717) is 0 Å². The molecule has 1 aliphatic rings. The first-order valence-electron chi connectivity index (χ1n) is 6.66. The summed E-state index contributed by atoms with van der Waals surface area (Å²) in [5.41, 5.74) is 2.15. The van der Waals surface area contributed by atoms with Crippen LogP contribution in [0.25, 0.3) is 11.0 Å². The molecule has 0 bridgehead atoms. The van der Waals surface area contributed by atoms with Gasteiger partial charge in [0.05, 0.1) is 37.7 Å². The van der Waals surface area contributed by atoms with Gasteiger partial charge in [0, 0.05) is 32.2 Å². The summed E-state index contributed by atoms with van der Waals surface area (Å²) in [7, 11) is 1.68. The molecule has 0 amide bonds. The lowest BCUT2D eigenvalue weighted by atomic mass is 10.3. The van der Waals surface area contributed by atoms with E-state index >= 15 is 0 Å². The van der Waals surface area contributed by atoms with Gasteiger partial charge in [0.2, 0.25) is 0 Å². The number of nitrogens with zero attached hydrogens (tertiary/aromatic N) is 3. The van der Waals surface area contributed by atoms with Gasteiger partial charge in [-0.05, 0) is 12.1 Å². The number of aromatic nitrogens is 2. The molecule has 0 unspecified atom stereocenters. The maximum Gasteiger partial charge on any atom is 0.121 e. The normalized spacial score (nSPS) is 16.9. The highest BCUT2D eigenvalue weighted by molar-refractivity contribution is 5.76. The number of benzene rings is 1. The number of rotatable bonds is 4. The van der Waals surface area contributed by atoms with E-state index in [0.717, 1.165) is 56.2 Å². The van der Waals surface area contributed by atoms with Gasteiger partial charge in [-0.1, -0.05) is 0 Å². The number of hydrogen-bond donors (Lipinski definition) is 0. The molecule has 1 saturated heterocycles. The van der Waals surface area contributed by atoms with Crippen molar-refractivity contribution in [2.75, 3.05) is 40.0 Å². The Morgan fingerprint density at radius 1 is 1.26 bits per heavy atom. The molecule has 5 heteroatoms. The highest BCUT2D eigenvalue weighted by Gasteiger charge is 2.11. The van der Waals surface area contributed by atoms with Crippen LogP contribution < -0.4 is 4.74 Å². The Morgan fingerprint density at radius 3 is 2.89 bits per heavy atom. The van der Waals surface area contributed by atoms with Crippen LogP contribution in [0.2, 0.25) is 0 Å². The molecule has 0 saturated carbocycles. The van der Waals surface area contributed by atoms with Gasteiger partial charge in [-0.15, -0.1) is 0 Å². The van der Waals surface area contributed by atoms with Crippen molar-refractivity contribution in [3.8, 4) is 5.75 Å². The zero-order chi connectivity index (χ0) is 13.1. The van der Waals surface area contributed by atoms with Gasteiger partial charge in [-0.25, -0.2) is 4.98 Å². The molecule has 0 radical (unpaired) electrons. The standard InChI is InChI=1S/C14H19N3O2/c1-18-12-2-3-14-13(10-12)15-11-17(14)5-4-16-6-8-19-9-7-16/h2-3,10-11H,4-9H2,1H3. The molecule has 19 heavy (non-hydrogen) atoms. The molecule has 1 aromatic carbocycles. The fourth-order valence-corrected chi connectivity index (χ4v) is 2.42. The van der Waals surface area contributed by atoms with Crippen molar-refractivity contribution >= 4 is 11.0 Å². The van der Waals surface area contributed by atoms with E-state index < -0.39 is 0 Å². The Morgan fingerprint density at radius 2 is 2.11 bits per heavy atom. The van der Waals surface area contributed by atoms with E-state index in [9.17, 15) is 0 Å². The van der Waals surface area contributed by atoms with Gasteiger partial charge in [0.25, 0.3) is 0 Å². The number of methoxy groups -OCH3 is 1. The fraction of sp³-hybridized carbons (Fsp3) is 0.500. The lowest BCUT2D eigenvalue weighted by Crippen LogP contribution is -2.38. The maximum absolute atomic E-state index is 5.36. The Hall–Kier alpha value is -1.59. The topological polar surface area (TPSA) is 39.5 Å². The number of fused-ring (bicyclic) bond motifs is 1. The molecule has 0 aliphatic carbocycles. The Balaban J connectivity index is 1.70. The van der Waals surface area contributed by atoms with Crippen molar-refractivity contribution in [2.45, 2.75) is 6.54 Å². The third kappa shape index (κ3) is 2.72. The Kier molecular flexibility index (Phi) is 3.66. The molecule has 3 rings (SSSR count). The van der Waals surface area contributed by atoms with Gasteiger partial charge < -0.3 is 14.0 Å². The number of hydrogen-bond acceptors (Lipinski definition) is 4. The minimum absolute atomic E-state index is 0.849. The third-order valence-corrected chi connectivity index (χ3v) is 3.59. The summed E-state index contributed by atoms with van der Waals surface area (Å²) in [6, 6.07) is 6.02. The van der Waals surface area contributed by atoms with Crippen LogP contribution in [0.15, 0.2) is 24.5 Å². The van der Waals surface area contributed by atoms with Crippen LogP contribution in [-0.4, -0.2) is 54.4 Å². The second-order valence-electron chi connectivity index (χ2n) is 4.75. The van der Waals surface area contributed by atoms with Crippen molar-refractivity contribution in [3.05, 3.63) is 24.5 Å². The Labute approximate surface area is 112 Å². The van der Waals surface area contributed by atoms with Gasteiger partial charge in [0.1, 0.15) is 5.75 Å². The first kappa shape index (κ1) is 12.4. The summed E-state index contributed by atoms with van der Waals surface area (Å²) in [4.78, 5) is 6.86. The molecule has 2 heterocycles. The molecule has 1 aromatic heterocycles. The molecule has 2 aromatic rings. The van der Waals surface area contributed by atoms with E-state index in [2.05, 4.69) is 20.5 Å². The molecule has 1 aliphatic heterocycles. The van der Waals surface area contributed by atoms with Gasteiger partial charge in [0.15, 0.2) is 0 Å². The van der Waals surface area contributed by atoms with E-state index in [1.54, 1.807) is 7.11 Å². The highest BCUT2D eigenvalue weighted by Crippen LogP contribution is 2.19. The lowest BCUT2D eigenvalue weighted by molar-refractivity contribution is 0.0365. The lowest BCUT2D eigenvalue weighted by Gasteiger charge is -2.26. The summed E-state index contributed by atoms with van der Waals surface area (Å²) in [5, 5.41) is 0. The maximum atomic E-state index is 5.36. The molecule has 0 atom stereocenters. The van der Waals surface area contributed by atoms with Crippen LogP contribution in [-0.2, 0) is 11.3 Å². The summed E-state index contributed by atoms with van der Waals surface area (Å²) in [6.45, 7) is 5.76. The second kappa shape index (κ2) is 5.59. The first-order chi connectivity index (χ1) is 9.36. The fourth-order valence-electron chi connectivity index (χ4n) is 2.42. The molecular weight excluding hydrogens is 242 g/mol. The largest absolute Gasteiger partial charge is 0.497 e. The molecule has 0 spiro atoms. The molecular formula is C14H19N3O2. The van der Waals surface area contributed by atoms with Crippen molar-refractivity contribution in [2.24, 2.45) is 0 Å². The quantitative estimate of drug-likeness (QED) is 0.833. The molecule has 1 fully saturated rings. The van der Waals surface area contributed by atoms with E-state index in [4.69, 9.17) is 9.47 Å². The summed E-state index contributed by atoms with van der Waals surface area (Å²) >= 11 is 0. The molecule has 0 N–H and O–H groups in total. The van der Waals surface area contributed by atoms with Crippen molar-refractivity contribution in [1.29, 1.82) is 0 Å². The summed E-state index contributed by atoms with van der Waals surface area (Å²) < 4.78 is 12.8. The third-order valence-electron chi connectivity index (χ3n) is 3.59.